The minimum absolute atomic E-state index is 0.406. The van der Waals surface area contributed by atoms with E-state index in [0.717, 1.165) is 32.6 Å². The summed E-state index contributed by atoms with van der Waals surface area (Å²) < 4.78 is 7.20. The first-order valence-electron chi connectivity index (χ1n) is 9.89. The summed E-state index contributed by atoms with van der Waals surface area (Å²) in [7, 11) is 0. The third kappa shape index (κ3) is 4.78. The normalized spacial score (nSPS) is 14.2. The van der Waals surface area contributed by atoms with E-state index in [0.29, 0.717) is 12.7 Å². The molecule has 0 saturated heterocycles. The van der Waals surface area contributed by atoms with Gasteiger partial charge < -0.3 is 4.74 Å². The maximum absolute atomic E-state index is 6.12. The Hall–Kier alpha value is -2.23. The van der Waals surface area contributed by atoms with E-state index in [1.165, 1.54) is 25.7 Å². The molecule has 1 aliphatic carbocycles. The van der Waals surface area contributed by atoms with Gasteiger partial charge in [-0.25, -0.2) is 4.99 Å². The van der Waals surface area contributed by atoms with Crippen molar-refractivity contribution in [1.29, 1.82) is 0 Å². The molecule has 0 radical (unpaired) electrons. The molecular formula is C25H24BrNO. The van der Waals surface area contributed by atoms with Gasteiger partial charge >= 0.3 is 0 Å². The van der Waals surface area contributed by atoms with Crippen molar-refractivity contribution in [2.75, 3.05) is 0 Å². The van der Waals surface area contributed by atoms with Gasteiger partial charge in [-0.3, -0.25) is 0 Å². The van der Waals surface area contributed by atoms with Crippen LogP contribution in [0.3, 0.4) is 0 Å². The smallest absolute Gasteiger partial charge is 0.0781 e. The lowest BCUT2D eigenvalue weighted by atomic mass is 10.0. The summed E-state index contributed by atoms with van der Waals surface area (Å²) in [4.78, 5) is 5.02. The zero-order chi connectivity index (χ0) is 19.2. The molecule has 0 amide bonds. The van der Waals surface area contributed by atoms with Crippen molar-refractivity contribution in [3.8, 4) is 0 Å². The lowest BCUT2D eigenvalue weighted by Crippen LogP contribution is -2.07. The van der Waals surface area contributed by atoms with Gasteiger partial charge in [0.05, 0.1) is 24.1 Å². The van der Waals surface area contributed by atoms with Crippen LogP contribution in [0.4, 0.5) is 5.69 Å². The first kappa shape index (κ1) is 19.1. The van der Waals surface area contributed by atoms with E-state index in [1.54, 1.807) is 0 Å². The highest BCUT2D eigenvalue weighted by Crippen LogP contribution is 2.28. The van der Waals surface area contributed by atoms with E-state index in [1.807, 2.05) is 12.1 Å². The topological polar surface area (TPSA) is 21.6 Å². The summed E-state index contributed by atoms with van der Waals surface area (Å²) in [6.45, 7) is 0.626. The molecular weight excluding hydrogens is 410 g/mol. The Bertz CT molecular complexity index is 890. The van der Waals surface area contributed by atoms with Gasteiger partial charge in [-0.1, -0.05) is 89.4 Å². The van der Waals surface area contributed by atoms with Gasteiger partial charge in [-0.15, -0.1) is 0 Å². The fraction of sp³-hybridized carbons (Fsp3) is 0.240. The van der Waals surface area contributed by atoms with E-state index in [4.69, 9.17) is 9.73 Å². The van der Waals surface area contributed by atoms with Gasteiger partial charge in [0.1, 0.15) is 0 Å². The Balaban J connectivity index is 1.65. The van der Waals surface area contributed by atoms with E-state index in [9.17, 15) is 0 Å². The molecule has 0 unspecified atom stereocenters. The van der Waals surface area contributed by atoms with Gasteiger partial charge in [-0.2, -0.15) is 0 Å². The van der Waals surface area contributed by atoms with E-state index < -0.39 is 0 Å². The van der Waals surface area contributed by atoms with Gasteiger partial charge in [0.2, 0.25) is 0 Å². The summed E-state index contributed by atoms with van der Waals surface area (Å²) in [6.07, 6.45) is 5.34. The molecule has 1 fully saturated rings. The predicted octanol–water partition coefficient (Wildman–Crippen LogP) is 7.08. The van der Waals surface area contributed by atoms with Crippen molar-refractivity contribution in [2.45, 2.75) is 38.4 Å². The summed E-state index contributed by atoms with van der Waals surface area (Å²) >= 11 is 3.67. The highest BCUT2D eigenvalue weighted by atomic mass is 79.9. The van der Waals surface area contributed by atoms with Crippen LogP contribution in [0, 0.1) is 0 Å². The number of benzene rings is 3. The van der Waals surface area contributed by atoms with Crippen LogP contribution in [-0.4, -0.2) is 11.8 Å². The third-order valence-corrected chi connectivity index (χ3v) is 5.92. The molecule has 0 atom stereocenters. The Morgan fingerprint density at radius 2 is 1.46 bits per heavy atom. The lowest BCUT2D eigenvalue weighted by Gasteiger charge is -2.13. The number of halogens is 1. The van der Waals surface area contributed by atoms with Crippen LogP contribution in [-0.2, 0) is 11.3 Å². The second-order valence-corrected chi connectivity index (χ2v) is 8.04. The standard InChI is InChI=1S/C25H24BrNO/c26-24-16-15-22(17-21(24)18-28-23-13-7-8-14-23)27-25(19-9-3-1-4-10-19)20-11-5-2-6-12-20/h1-6,9-12,15-17,23H,7-8,13-14,18H2. The number of aliphatic imine (C=N–C) groups is 1. The number of ether oxygens (including phenoxy) is 1. The van der Waals surface area contributed by atoms with E-state index in [-0.39, 0.29) is 0 Å². The van der Waals surface area contributed by atoms with Gasteiger partial charge in [0.25, 0.3) is 0 Å². The van der Waals surface area contributed by atoms with E-state index >= 15 is 0 Å². The number of hydrogen-bond donors (Lipinski definition) is 0. The first-order valence-corrected chi connectivity index (χ1v) is 10.7. The molecule has 0 N–H and O–H groups in total. The molecule has 3 heteroatoms. The van der Waals surface area contributed by atoms with Crippen LogP contribution in [0.1, 0.15) is 42.4 Å². The molecule has 28 heavy (non-hydrogen) atoms. The second-order valence-electron chi connectivity index (χ2n) is 7.19. The largest absolute Gasteiger partial charge is 0.374 e. The first-order chi connectivity index (χ1) is 13.8. The zero-order valence-electron chi connectivity index (χ0n) is 15.9. The van der Waals surface area contributed by atoms with Crippen molar-refractivity contribution >= 4 is 27.3 Å². The van der Waals surface area contributed by atoms with Gasteiger partial charge in [0, 0.05) is 15.6 Å². The summed E-state index contributed by atoms with van der Waals surface area (Å²) in [5.74, 6) is 0. The number of hydrogen-bond acceptors (Lipinski definition) is 2. The average molecular weight is 434 g/mol. The SMILES string of the molecule is Brc1ccc(N=C(c2ccccc2)c2ccccc2)cc1COC1CCCC1. The Morgan fingerprint density at radius 1 is 0.857 bits per heavy atom. The number of rotatable bonds is 6. The molecule has 3 aromatic carbocycles. The van der Waals surface area contributed by atoms with Crippen molar-refractivity contribution < 1.29 is 4.74 Å². The summed E-state index contributed by atoms with van der Waals surface area (Å²) in [5, 5.41) is 0. The Labute approximate surface area is 175 Å². The molecule has 4 rings (SSSR count). The van der Waals surface area contributed by atoms with Gasteiger partial charge in [0.15, 0.2) is 0 Å². The molecule has 0 bridgehead atoms. The van der Waals surface area contributed by atoms with Crippen LogP contribution >= 0.6 is 15.9 Å². The molecule has 0 heterocycles. The molecule has 0 aromatic heterocycles. The van der Waals surface area contributed by atoms with Crippen LogP contribution < -0.4 is 0 Å². The molecule has 0 spiro atoms. The number of nitrogens with zero attached hydrogens (tertiary/aromatic N) is 1. The van der Waals surface area contributed by atoms with Crippen molar-refractivity contribution in [1.82, 2.24) is 0 Å². The van der Waals surface area contributed by atoms with Crippen LogP contribution in [0.25, 0.3) is 0 Å². The van der Waals surface area contributed by atoms with E-state index in [2.05, 4.69) is 82.7 Å². The molecule has 3 aromatic rings. The average Bonchev–Trinajstić information content (AvgIpc) is 3.27. The van der Waals surface area contributed by atoms with Crippen LogP contribution in [0.15, 0.2) is 88.3 Å². The molecule has 0 aliphatic heterocycles. The quantitative estimate of drug-likeness (QED) is 0.380. The Morgan fingerprint density at radius 3 is 2.07 bits per heavy atom. The van der Waals surface area contributed by atoms with Crippen molar-refractivity contribution in [3.63, 3.8) is 0 Å². The zero-order valence-corrected chi connectivity index (χ0v) is 17.4. The molecule has 142 valence electrons. The maximum Gasteiger partial charge on any atom is 0.0781 e. The molecule has 1 saturated carbocycles. The maximum atomic E-state index is 6.12. The van der Waals surface area contributed by atoms with Crippen molar-refractivity contribution in [3.05, 3.63) is 100 Å². The fourth-order valence-corrected chi connectivity index (χ4v) is 3.98. The van der Waals surface area contributed by atoms with Crippen molar-refractivity contribution in [2.24, 2.45) is 4.99 Å². The molecule has 1 aliphatic rings. The van der Waals surface area contributed by atoms with Crippen LogP contribution in [0.5, 0.6) is 0 Å². The highest BCUT2D eigenvalue weighted by molar-refractivity contribution is 9.10. The third-order valence-electron chi connectivity index (χ3n) is 5.14. The highest BCUT2D eigenvalue weighted by Gasteiger charge is 2.16. The molecule has 2 nitrogen and oxygen atoms in total. The minimum Gasteiger partial charge on any atom is -0.374 e. The second kappa shape index (κ2) is 9.31. The fourth-order valence-electron chi connectivity index (χ4n) is 3.62. The van der Waals surface area contributed by atoms with Crippen LogP contribution in [0.2, 0.25) is 0 Å². The monoisotopic (exact) mass is 433 g/mol. The lowest BCUT2D eigenvalue weighted by molar-refractivity contribution is 0.0454. The Kier molecular flexibility index (Phi) is 6.35. The minimum atomic E-state index is 0.406. The summed E-state index contributed by atoms with van der Waals surface area (Å²) in [5.41, 5.74) is 5.29. The predicted molar refractivity (Wildman–Crippen MR) is 119 cm³/mol. The van der Waals surface area contributed by atoms with Gasteiger partial charge in [-0.05, 0) is 36.6 Å². The summed E-state index contributed by atoms with van der Waals surface area (Å²) in [6, 6.07) is 26.9.